The van der Waals surface area contributed by atoms with E-state index in [0.717, 1.165) is 5.92 Å². The van der Waals surface area contributed by atoms with Gasteiger partial charge in [0.05, 0.1) is 0 Å². The Labute approximate surface area is 125 Å². The zero-order valence-corrected chi connectivity index (χ0v) is 13.5. The first kappa shape index (κ1) is 15.6. The van der Waals surface area contributed by atoms with Gasteiger partial charge in [0.25, 0.3) is 0 Å². The van der Waals surface area contributed by atoms with Gasteiger partial charge in [0, 0.05) is 12.1 Å². The molecule has 0 bridgehead atoms. The van der Waals surface area contributed by atoms with Crippen molar-refractivity contribution < 1.29 is 0 Å². The molecule has 0 spiro atoms. The number of unbranched alkanes of at least 4 members (excludes halogenated alkanes) is 1. The van der Waals surface area contributed by atoms with Gasteiger partial charge < -0.3 is 5.32 Å². The van der Waals surface area contributed by atoms with Crippen LogP contribution in [0.2, 0.25) is 0 Å². The Balaban J connectivity index is 2.06. The molecule has 0 aromatic heterocycles. The minimum atomic E-state index is 0.579. The van der Waals surface area contributed by atoms with E-state index in [9.17, 15) is 0 Å². The zero-order valence-electron chi connectivity index (χ0n) is 13.5. The first-order valence-electron chi connectivity index (χ1n) is 8.61. The van der Waals surface area contributed by atoms with Crippen LogP contribution in [0.25, 0.3) is 0 Å². The van der Waals surface area contributed by atoms with Crippen LogP contribution in [-0.4, -0.2) is 6.04 Å². The van der Waals surface area contributed by atoms with Crippen molar-refractivity contribution in [1.82, 2.24) is 5.32 Å². The van der Waals surface area contributed by atoms with Gasteiger partial charge in [-0.05, 0) is 42.7 Å². The Morgan fingerprint density at radius 2 is 1.80 bits per heavy atom. The lowest BCUT2D eigenvalue weighted by atomic mass is 9.80. The molecule has 0 heterocycles. The molecule has 1 aliphatic carbocycles. The van der Waals surface area contributed by atoms with Crippen LogP contribution in [0.4, 0.5) is 0 Å². The average Bonchev–Trinajstić information content (AvgIpc) is 2.48. The van der Waals surface area contributed by atoms with Crippen LogP contribution in [0.15, 0.2) is 24.3 Å². The van der Waals surface area contributed by atoms with Gasteiger partial charge in [-0.2, -0.15) is 0 Å². The highest BCUT2D eigenvalue weighted by molar-refractivity contribution is 5.35. The van der Waals surface area contributed by atoms with E-state index in [2.05, 4.69) is 50.4 Å². The summed E-state index contributed by atoms with van der Waals surface area (Å²) in [5, 5.41) is 3.97. The number of nitrogens with one attached hydrogen (secondary N) is 1. The highest BCUT2D eigenvalue weighted by atomic mass is 15.0. The topological polar surface area (TPSA) is 12.0 Å². The van der Waals surface area contributed by atoms with Gasteiger partial charge in [0.15, 0.2) is 0 Å². The Morgan fingerprint density at radius 1 is 1.05 bits per heavy atom. The minimum Gasteiger partial charge on any atom is -0.307 e. The van der Waals surface area contributed by atoms with Crippen molar-refractivity contribution in [3.8, 4) is 0 Å². The van der Waals surface area contributed by atoms with Crippen molar-refractivity contribution in [3.05, 3.63) is 35.4 Å². The van der Waals surface area contributed by atoms with E-state index >= 15 is 0 Å². The van der Waals surface area contributed by atoms with Crippen LogP contribution in [-0.2, 0) is 0 Å². The molecule has 1 heteroatoms. The molecule has 20 heavy (non-hydrogen) atoms. The van der Waals surface area contributed by atoms with Gasteiger partial charge in [0.2, 0.25) is 0 Å². The second kappa shape index (κ2) is 7.83. The van der Waals surface area contributed by atoms with E-state index in [4.69, 9.17) is 0 Å². The Bertz CT molecular complexity index is 399. The fourth-order valence-electron chi connectivity index (χ4n) is 3.57. The molecule has 1 nitrogen and oxygen atoms in total. The number of hydrogen-bond donors (Lipinski definition) is 1. The first-order valence-corrected chi connectivity index (χ1v) is 8.61. The van der Waals surface area contributed by atoms with Crippen LogP contribution >= 0.6 is 0 Å². The van der Waals surface area contributed by atoms with E-state index in [1.807, 2.05) is 0 Å². The number of rotatable bonds is 7. The summed E-state index contributed by atoms with van der Waals surface area (Å²) in [5.41, 5.74) is 3.13. The summed E-state index contributed by atoms with van der Waals surface area (Å²) in [6.07, 6.45) is 9.20. The van der Waals surface area contributed by atoms with Crippen LogP contribution in [0.5, 0.6) is 0 Å². The maximum absolute atomic E-state index is 3.97. The standard InChI is InChI=1S/C19H31N/c1-4-6-10-16(9-5-2)20-19-14-13-15(3)17-11-7-8-12-18(17)19/h7-8,11-12,15-16,19-20H,4-6,9-10,13-14H2,1-3H3. The normalized spacial score (nSPS) is 23.4. The van der Waals surface area contributed by atoms with Crippen LogP contribution in [0, 0.1) is 0 Å². The van der Waals surface area contributed by atoms with Crippen molar-refractivity contribution in [2.75, 3.05) is 0 Å². The summed E-state index contributed by atoms with van der Waals surface area (Å²) < 4.78 is 0. The van der Waals surface area contributed by atoms with Crippen LogP contribution in [0.3, 0.4) is 0 Å². The maximum Gasteiger partial charge on any atom is 0.0325 e. The molecule has 0 aliphatic heterocycles. The quantitative estimate of drug-likeness (QED) is 0.684. The molecular weight excluding hydrogens is 242 g/mol. The van der Waals surface area contributed by atoms with Crippen molar-refractivity contribution in [3.63, 3.8) is 0 Å². The smallest absolute Gasteiger partial charge is 0.0325 e. The van der Waals surface area contributed by atoms with E-state index in [1.165, 1.54) is 44.9 Å². The van der Waals surface area contributed by atoms with Gasteiger partial charge in [0.1, 0.15) is 0 Å². The molecule has 112 valence electrons. The van der Waals surface area contributed by atoms with E-state index in [0.29, 0.717) is 12.1 Å². The highest BCUT2D eigenvalue weighted by Gasteiger charge is 2.25. The van der Waals surface area contributed by atoms with Gasteiger partial charge in [-0.25, -0.2) is 0 Å². The number of fused-ring (bicyclic) bond motifs is 1. The zero-order chi connectivity index (χ0) is 14.4. The molecule has 0 amide bonds. The summed E-state index contributed by atoms with van der Waals surface area (Å²) in [5.74, 6) is 0.726. The summed E-state index contributed by atoms with van der Waals surface area (Å²) in [4.78, 5) is 0. The Kier molecular flexibility index (Phi) is 6.09. The highest BCUT2D eigenvalue weighted by Crippen LogP contribution is 2.37. The molecule has 1 aliphatic rings. The largest absolute Gasteiger partial charge is 0.307 e. The monoisotopic (exact) mass is 273 g/mol. The fourth-order valence-corrected chi connectivity index (χ4v) is 3.57. The van der Waals surface area contributed by atoms with Crippen LogP contribution < -0.4 is 5.32 Å². The molecule has 0 saturated heterocycles. The second-order valence-electron chi connectivity index (χ2n) is 6.45. The lowest BCUT2D eigenvalue weighted by Crippen LogP contribution is -2.35. The molecule has 3 atom stereocenters. The molecule has 0 radical (unpaired) electrons. The van der Waals surface area contributed by atoms with Gasteiger partial charge >= 0.3 is 0 Å². The Morgan fingerprint density at radius 3 is 2.50 bits per heavy atom. The van der Waals surface area contributed by atoms with E-state index in [-0.39, 0.29) is 0 Å². The summed E-state index contributed by atoms with van der Waals surface area (Å²) >= 11 is 0. The van der Waals surface area contributed by atoms with Gasteiger partial charge in [-0.1, -0.05) is 64.3 Å². The summed E-state index contributed by atoms with van der Waals surface area (Å²) in [6, 6.07) is 10.3. The lowest BCUT2D eigenvalue weighted by molar-refractivity contribution is 0.347. The third kappa shape index (κ3) is 3.85. The molecule has 1 N–H and O–H groups in total. The Hall–Kier alpha value is -0.820. The molecular formula is C19H31N. The minimum absolute atomic E-state index is 0.579. The van der Waals surface area contributed by atoms with Crippen LogP contribution in [0.1, 0.15) is 88.8 Å². The number of hydrogen-bond acceptors (Lipinski definition) is 1. The molecule has 2 rings (SSSR count). The molecule has 1 aromatic carbocycles. The second-order valence-corrected chi connectivity index (χ2v) is 6.45. The van der Waals surface area contributed by atoms with Gasteiger partial charge in [-0.15, -0.1) is 0 Å². The van der Waals surface area contributed by atoms with Crippen molar-refractivity contribution >= 4 is 0 Å². The van der Waals surface area contributed by atoms with E-state index in [1.54, 1.807) is 11.1 Å². The van der Waals surface area contributed by atoms with Gasteiger partial charge in [-0.3, -0.25) is 0 Å². The number of benzene rings is 1. The molecule has 0 saturated carbocycles. The van der Waals surface area contributed by atoms with Crippen molar-refractivity contribution in [2.24, 2.45) is 0 Å². The summed E-state index contributed by atoms with van der Waals surface area (Å²) in [7, 11) is 0. The lowest BCUT2D eigenvalue weighted by Gasteiger charge is -2.33. The third-order valence-corrected chi connectivity index (χ3v) is 4.77. The first-order chi connectivity index (χ1) is 9.76. The molecule has 1 aromatic rings. The predicted molar refractivity (Wildman–Crippen MR) is 88.2 cm³/mol. The predicted octanol–water partition coefficient (Wildman–Crippen LogP) is 5.57. The van der Waals surface area contributed by atoms with Crippen molar-refractivity contribution in [1.29, 1.82) is 0 Å². The SMILES string of the molecule is CCCCC(CCC)NC1CCC(C)c2ccccc21. The van der Waals surface area contributed by atoms with Crippen molar-refractivity contribution in [2.45, 2.75) is 83.7 Å². The maximum atomic E-state index is 3.97. The third-order valence-electron chi connectivity index (χ3n) is 4.77. The van der Waals surface area contributed by atoms with E-state index < -0.39 is 0 Å². The average molecular weight is 273 g/mol. The molecule has 0 fully saturated rings. The summed E-state index contributed by atoms with van der Waals surface area (Å²) in [6.45, 7) is 6.97. The fraction of sp³-hybridized carbons (Fsp3) is 0.684. The molecule has 3 unspecified atom stereocenters.